The van der Waals surface area contributed by atoms with Crippen LogP contribution in [-0.2, 0) is 9.47 Å². The first-order chi connectivity index (χ1) is 19.6. The summed E-state index contributed by atoms with van der Waals surface area (Å²) >= 11 is 13.5. The maximum absolute atomic E-state index is 13.5. The third-order valence-corrected chi connectivity index (χ3v) is 16.5. The van der Waals surface area contributed by atoms with Gasteiger partial charge in [0.2, 0.25) is 0 Å². The summed E-state index contributed by atoms with van der Waals surface area (Å²) in [6.45, 7) is 4.21. The number of ether oxygens (including phenoxy) is 2. The van der Waals surface area contributed by atoms with Crippen LogP contribution in [-0.4, -0.2) is 25.2 Å². The van der Waals surface area contributed by atoms with Crippen molar-refractivity contribution in [3.05, 3.63) is 46.2 Å². The van der Waals surface area contributed by atoms with Crippen molar-refractivity contribution in [3.63, 3.8) is 0 Å². The monoisotopic (exact) mass is 672 g/mol. The normalized spacial score (nSPS) is 12.2. The molecule has 4 nitrogen and oxygen atoms in total. The molecule has 8 aromatic rings. The van der Waals surface area contributed by atoms with Crippen LogP contribution in [0.2, 0.25) is 0 Å². The Kier molecular flexibility index (Phi) is 6.20. The second-order valence-electron chi connectivity index (χ2n) is 8.75. The SMILES string of the molecule is CCOC(=O)c1c(-c2cc3sc4ccsc4c3s2)sc2c(C(=O)OCC)c(-c3cc4sc5ccsc5c4s3)sc12. The predicted molar refractivity (Wildman–Crippen MR) is 180 cm³/mol. The van der Waals surface area contributed by atoms with Crippen LogP contribution in [0.1, 0.15) is 34.6 Å². The lowest BCUT2D eigenvalue weighted by Crippen LogP contribution is -2.04. The summed E-state index contributed by atoms with van der Waals surface area (Å²) in [7, 11) is 0. The predicted octanol–water partition coefficient (Wildman–Crippen LogP) is 11.6. The lowest BCUT2D eigenvalue weighted by Gasteiger charge is -2.04. The van der Waals surface area contributed by atoms with Gasteiger partial charge in [0.1, 0.15) is 0 Å². The van der Waals surface area contributed by atoms with Gasteiger partial charge in [-0.05, 0) is 48.9 Å². The molecule has 0 aliphatic carbocycles. The van der Waals surface area contributed by atoms with Crippen molar-refractivity contribution in [3.8, 4) is 19.5 Å². The van der Waals surface area contributed by atoms with E-state index in [1.807, 2.05) is 13.8 Å². The quantitative estimate of drug-likeness (QED) is 0.165. The van der Waals surface area contributed by atoms with Crippen LogP contribution in [0.4, 0.5) is 0 Å². The molecule has 0 fully saturated rings. The fourth-order valence-corrected chi connectivity index (χ4v) is 15.4. The van der Waals surface area contributed by atoms with Crippen molar-refractivity contribution >= 4 is 150 Å². The van der Waals surface area contributed by atoms with Crippen molar-refractivity contribution < 1.29 is 19.1 Å². The number of hydrogen-bond donors (Lipinski definition) is 0. The average molecular weight is 673 g/mol. The molecule has 0 bridgehead atoms. The maximum Gasteiger partial charge on any atom is 0.341 e. The molecule has 40 heavy (non-hydrogen) atoms. The van der Waals surface area contributed by atoms with E-state index in [-0.39, 0.29) is 25.2 Å². The standard InChI is InChI=1S/C28H16O4S8/c1-3-31-27(29)17-19(13-9-15-23(37-13)21-11(35-15)5-7-33-21)39-26-18(28(30)32-4-2)20(40-25(17)26)14-10-16-24(38-14)22-12(36-16)6-8-34-22/h5-10H,3-4H2,1-2H3. The van der Waals surface area contributed by atoms with E-state index in [1.54, 1.807) is 68.0 Å². The van der Waals surface area contributed by atoms with E-state index in [0.717, 1.165) is 28.9 Å². The summed E-state index contributed by atoms with van der Waals surface area (Å²) in [5, 5.41) is 4.24. The number of carbonyl (C=O) groups excluding carboxylic acids is 2. The molecule has 0 aliphatic rings. The highest BCUT2D eigenvalue weighted by atomic mass is 32.1. The van der Waals surface area contributed by atoms with E-state index in [4.69, 9.17) is 9.47 Å². The fourth-order valence-electron chi connectivity index (χ4n) is 4.82. The first kappa shape index (κ1) is 25.5. The van der Waals surface area contributed by atoms with E-state index in [2.05, 4.69) is 35.0 Å². The first-order valence-corrected chi connectivity index (χ1v) is 18.9. The number of esters is 2. The highest BCUT2D eigenvalue weighted by Crippen LogP contribution is 2.54. The molecule has 0 aliphatic heterocycles. The third-order valence-electron chi connectivity index (χ3n) is 6.44. The summed E-state index contributed by atoms with van der Waals surface area (Å²) < 4.78 is 22.9. The van der Waals surface area contributed by atoms with Gasteiger partial charge in [-0.3, -0.25) is 0 Å². The molecule has 0 saturated carbocycles. The van der Waals surface area contributed by atoms with Gasteiger partial charge in [-0.15, -0.1) is 90.7 Å². The summed E-state index contributed by atoms with van der Waals surface area (Å²) in [4.78, 5) is 30.8. The van der Waals surface area contributed by atoms with Gasteiger partial charge in [-0.2, -0.15) is 0 Å². The molecule has 8 aromatic heterocycles. The average Bonchev–Trinajstić information content (AvgIpc) is 3.73. The maximum atomic E-state index is 13.5. The first-order valence-electron chi connectivity index (χ1n) is 12.3. The van der Waals surface area contributed by atoms with Crippen LogP contribution in [0.5, 0.6) is 0 Å². The minimum absolute atomic E-state index is 0.284. The highest BCUT2D eigenvalue weighted by molar-refractivity contribution is 7.41. The molecule has 0 aromatic carbocycles. The fraction of sp³-hybridized carbons (Fsp3) is 0.143. The molecule has 0 saturated heterocycles. The van der Waals surface area contributed by atoms with E-state index in [0.29, 0.717) is 11.1 Å². The Morgan fingerprint density at radius 1 is 0.575 bits per heavy atom. The zero-order valence-electron chi connectivity index (χ0n) is 20.8. The summed E-state index contributed by atoms with van der Waals surface area (Å²) in [6.07, 6.45) is 0. The Balaban J connectivity index is 1.37. The Morgan fingerprint density at radius 3 is 1.45 bits per heavy atom. The Bertz CT molecular complexity index is 2090. The lowest BCUT2D eigenvalue weighted by atomic mass is 10.1. The van der Waals surface area contributed by atoms with Crippen molar-refractivity contribution in [2.45, 2.75) is 13.8 Å². The van der Waals surface area contributed by atoms with Gasteiger partial charge in [-0.1, -0.05) is 0 Å². The van der Waals surface area contributed by atoms with Gasteiger partial charge >= 0.3 is 11.9 Å². The van der Waals surface area contributed by atoms with Crippen LogP contribution in [0.15, 0.2) is 35.0 Å². The molecule has 0 spiro atoms. The van der Waals surface area contributed by atoms with Crippen molar-refractivity contribution in [1.82, 2.24) is 0 Å². The van der Waals surface area contributed by atoms with E-state index in [9.17, 15) is 9.59 Å². The molecule has 12 heteroatoms. The number of rotatable bonds is 6. The Morgan fingerprint density at radius 2 is 1.02 bits per heavy atom. The van der Waals surface area contributed by atoms with Gasteiger partial charge < -0.3 is 9.47 Å². The highest BCUT2D eigenvalue weighted by Gasteiger charge is 2.32. The smallest absolute Gasteiger partial charge is 0.341 e. The topological polar surface area (TPSA) is 52.6 Å². The number of fused-ring (bicyclic) bond motifs is 7. The molecular formula is C28H16O4S8. The molecule has 8 rings (SSSR count). The summed E-state index contributed by atoms with van der Waals surface area (Å²) in [5.41, 5.74) is 1.11. The van der Waals surface area contributed by atoms with E-state index < -0.39 is 0 Å². The van der Waals surface area contributed by atoms with Gasteiger partial charge in [0, 0.05) is 28.6 Å². The van der Waals surface area contributed by atoms with Crippen LogP contribution in [0.25, 0.3) is 66.5 Å². The molecule has 0 unspecified atom stereocenters. The van der Waals surface area contributed by atoms with Gasteiger partial charge in [0.05, 0.1) is 62.3 Å². The zero-order valence-corrected chi connectivity index (χ0v) is 27.3. The largest absolute Gasteiger partial charge is 0.462 e. The number of thiophene rings is 8. The molecule has 0 amide bonds. The van der Waals surface area contributed by atoms with E-state index >= 15 is 0 Å². The van der Waals surface area contributed by atoms with Crippen LogP contribution in [0, 0.1) is 0 Å². The Labute approximate surface area is 259 Å². The minimum Gasteiger partial charge on any atom is -0.462 e. The van der Waals surface area contributed by atoms with E-state index in [1.165, 1.54) is 60.3 Å². The van der Waals surface area contributed by atoms with Gasteiger partial charge in [0.15, 0.2) is 0 Å². The van der Waals surface area contributed by atoms with Crippen LogP contribution in [0.3, 0.4) is 0 Å². The molecule has 8 heterocycles. The zero-order chi connectivity index (χ0) is 27.1. The summed E-state index contributed by atoms with van der Waals surface area (Å²) in [6, 6.07) is 8.68. The van der Waals surface area contributed by atoms with Gasteiger partial charge in [0.25, 0.3) is 0 Å². The van der Waals surface area contributed by atoms with Crippen LogP contribution < -0.4 is 0 Å². The van der Waals surface area contributed by atoms with Crippen molar-refractivity contribution in [1.29, 1.82) is 0 Å². The molecular weight excluding hydrogens is 657 g/mol. The van der Waals surface area contributed by atoms with Crippen molar-refractivity contribution in [2.75, 3.05) is 13.2 Å². The molecule has 0 N–H and O–H groups in total. The second kappa shape index (κ2) is 9.70. The van der Waals surface area contributed by atoms with Crippen molar-refractivity contribution in [2.24, 2.45) is 0 Å². The third kappa shape index (κ3) is 3.74. The molecule has 200 valence electrons. The van der Waals surface area contributed by atoms with Gasteiger partial charge in [-0.25, -0.2) is 9.59 Å². The second-order valence-corrected chi connectivity index (χ2v) is 16.9. The minimum atomic E-state index is -0.350. The molecule has 0 radical (unpaired) electrons. The van der Waals surface area contributed by atoms with Crippen LogP contribution >= 0.6 is 90.7 Å². The molecule has 0 atom stereocenters. The number of carbonyl (C=O) groups is 2. The summed E-state index contributed by atoms with van der Waals surface area (Å²) in [5.74, 6) is -0.699. The number of hydrogen-bond acceptors (Lipinski definition) is 12. The Hall–Kier alpha value is -2.16. The lowest BCUT2D eigenvalue weighted by molar-refractivity contribution is 0.0519.